The van der Waals surface area contributed by atoms with Crippen molar-refractivity contribution in [1.82, 2.24) is 0 Å². The smallest absolute Gasteiger partial charge is 0.0650 e. The van der Waals surface area contributed by atoms with E-state index in [-0.39, 0.29) is 5.60 Å². The van der Waals surface area contributed by atoms with E-state index in [1.54, 1.807) is 0 Å². The molecule has 0 radical (unpaired) electrons. The number of hydrogen-bond acceptors (Lipinski definition) is 1. The summed E-state index contributed by atoms with van der Waals surface area (Å²) in [6, 6.07) is 0. The van der Waals surface area contributed by atoms with Crippen molar-refractivity contribution in [3.63, 3.8) is 0 Å². The Bertz CT molecular complexity index is 226. The van der Waals surface area contributed by atoms with Crippen LogP contribution in [0.4, 0.5) is 0 Å². The molecule has 0 aromatic heterocycles. The predicted molar refractivity (Wildman–Crippen MR) is 105 cm³/mol. The van der Waals surface area contributed by atoms with E-state index in [1.807, 2.05) is 7.11 Å². The van der Waals surface area contributed by atoms with E-state index in [0.29, 0.717) is 0 Å². The van der Waals surface area contributed by atoms with Gasteiger partial charge in [-0.15, -0.1) is 0 Å². The van der Waals surface area contributed by atoms with E-state index >= 15 is 0 Å². The molecule has 0 fully saturated rings. The van der Waals surface area contributed by atoms with Gasteiger partial charge in [0.1, 0.15) is 0 Å². The third kappa shape index (κ3) is 15.2. The molecule has 0 aromatic rings. The van der Waals surface area contributed by atoms with Crippen LogP contribution in [0.25, 0.3) is 0 Å². The molecule has 0 aliphatic carbocycles. The zero-order valence-corrected chi connectivity index (χ0v) is 16.9. The van der Waals surface area contributed by atoms with E-state index in [0.717, 1.165) is 0 Å². The first-order chi connectivity index (χ1) is 11.2. The minimum Gasteiger partial charge on any atom is -0.379 e. The highest BCUT2D eigenvalue weighted by atomic mass is 16.5. The van der Waals surface area contributed by atoms with Gasteiger partial charge in [-0.25, -0.2) is 0 Å². The first-order valence-electron chi connectivity index (χ1n) is 10.7. The molecular weight excluding hydrogens is 280 g/mol. The highest BCUT2D eigenvalue weighted by Crippen LogP contribution is 2.26. The summed E-state index contributed by atoms with van der Waals surface area (Å²) >= 11 is 0. The van der Waals surface area contributed by atoms with Crippen molar-refractivity contribution in [3.05, 3.63) is 0 Å². The number of ether oxygens (including phenoxy) is 1. The van der Waals surface area contributed by atoms with Crippen LogP contribution in [0.3, 0.4) is 0 Å². The highest BCUT2D eigenvalue weighted by Gasteiger charge is 2.22. The average Bonchev–Trinajstić information content (AvgIpc) is 2.56. The summed E-state index contributed by atoms with van der Waals surface area (Å²) in [5.41, 5.74) is 0.131. The topological polar surface area (TPSA) is 9.23 Å². The third-order valence-electron chi connectivity index (χ3n) is 5.36. The predicted octanol–water partition coefficient (Wildman–Crippen LogP) is 8.06. The Hall–Kier alpha value is -0.0400. The fraction of sp³-hybridized carbons (Fsp3) is 1.00. The van der Waals surface area contributed by atoms with Crippen LogP contribution in [0.15, 0.2) is 0 Å². The van der Waals surface area contributed by atoms with Gasteiger partial charge in [0.05, 0.1) is 5.60 Å². The lowest BCUT2D eigenvalue weighted by Crippen LogP contribution is -2.27. The maximum atomic E-state index is 5.84. The highest BCUT2D eigenvalue weighted by molar-refractivity contribution is 4.74. The van der Waals surface area contributed by atoms with Gasteiger partial charge in [0.15, 0.2) is 0 Å². The van der Waals surface area contributed by atoms with Gasteiger partial charge in [0.25, 0.3) is 0 Å². The molecule has 1 nitrogen and oxygen atoms in total. The second-order valence-corrected chi connectivity index (χ2v) is 7.75. The maximum absolute atomic E-state index is 5.84. The summed E-state index contributed by atoms with van der Waals surface area (Å²) in [6.07, 6.45) is 23.5. The molecule has 1 heteroatoms. The number of hydrogen-bond donors (Lipinski definition) is 0. The van der Waals surface area contributed by atoms with Gasteiger partial charge in [-0.05, 0) is 19.8 Å². The zero-order valence-electron chi connectivity index (χ0n) is 16.9. The van der Waals surface area contributed by atoms with Gasteiger partial charge in [-0.2, -0.15) is 0 Å². The summed E-state index contributed by atoms with van der Waals surface area (Å²) in [4.78, 5) is 0. The second-order valence-electron chi connectivity index (χ2n) is 7.75. The Kier molecular flexibility index (Phi) is 16.8. The first-order valence-corrected chi connectivity index (χ1v) is 10.7. The van der Waals surface area contributed by atoms with Gasteiger partial charge in [0.2, 0.25) is 0 Å². The quantitative estimate of drug-likeness (QED) is 0.231. The summed E-state index contributed by atoms with van der Waals surface area (Å²) in [7, 11) is 1.91. The minimum atomic E-state index is 0.131. The molecular formula is C22H46O. The Morgan fingerprint density at radius 2 is 0.826 bits per heavy atom. The lowest BCUT2D eigenvalue weighted by atomic mass is 9.91. The molecule has 0 amide bonds. The lowest BCUT2D eigenvalue weighted by Gasteiger charge is -2.28. The van der Waals surface area contributed by atoms with Crippen LogP contribution in [0.5, 0.6) is 0 Å². The van der Waals surface area contributed by atoms with Gasteiger partial charge in [-0.1, -0.05) is 110 Å². The Morgan fingerprint density at radius 3 is 1.13 bits per heavy atom. The fourth-order valence-electron chi connectivity index (χ4n) is 3.42. The SMILES string of the molecule is CCCCCCCCCCC(C)(CCCCCCCCC)OC. The standard InChI is InChI=1S/C22H46O/c1-5-7-9-11-13-15-17-19-21-22(3,23-4)20-18-16-14-12-10-8-6-2/h5-21H2,1-4H3. The van der Waals surface area contributed by atoms with E-state index in [9.17, 15) is 0 Å². The Balaban J connectivity index is 3.52. The monoisotopic (exact) mass is 326 g/mol. The molecule has 1 atom stereocenters. The van der Waals surface area contributed by atoms with Crippen LogP contribution < -0.4 is 0 Å². The minimum absolute atomic E-state index is 0.131. The van der Waals surface area contributed by atoms with Gasteiger partial charge < -0.3 is 4.74 Å². The van der Waals surface area contributed by atoms with Gasteiger partial charge >= 0.3 is 0 Å². The molecule has 0 saturated heterocycles. The zero-order chi connectivity index (χ0) is 17.2. The van der Waals surface area contributed by atoms with Crippen LogP contribution in [0.2, 0.25) is 0 Å². The van der Waals surface area contributed by atoms with Crippen molar-refractivity contribution in [2.45, 2.75) is 136 Å². The van der Waals surface area contributed by atoms with Crippen molar-refractivity contribution in [3.8, 4) is 0 Å². The van der Waals surface area contributed by atoms with E-state index < -0.39 is 0 Å². The molecule has 0 saturated carbocycles. The second kappa shape index (κ2) is 16.8. The van der Waals surface area contributed by atoms with Crippen LogP contribution >= 0.6 is 0 Å². The summed E-state index contributed by atoms with van der Waals surface area (Å²) in [5.74, 6) is 0. The van der Waals surface area contributed by atoms with Crippen molar-refractivity contribution >= 4 is 0 Å². The van der Waals surface area contributed by atoms with Crippen LogP contribution in [0.1, 0.15) is 130 Å². The molecule has 0 spiro atoms. The normalized spacial score (nSPS) is 14.1. The molecule has 0 heterocycles. The molecule has 140 valence electrons. The molecule has 23 heavy (non-hydrogen) atoms. The molecule has 0 rings (SSSR count). The number of unbranched alkanes of at least 4 members (excludes halogenated alkanes) is 13. The summed E-state index contributed by atoms with van der Waals surface area (Å²) < 4.78 is 5.84. The summed E-state index contributed by atoms with van der Waals surface area (Å²) in [6.45, 7) is 6.90. The summed E-state index contributed by atoms with van der Waals surface area (Å²) in [5, 5.41) is 0. The maximum Gasteiger partial charge on any atom is 0.0650 e. The molecule has 0 bridgehead atoms. The van der Waals surface area contributed by atoms with Crippen molar-refractivity contribution in [1.29, 1.82) is 0 Å². The molecule has 0 N–H and O–H groups in total. The molecule has 1 unspecified atom stereocenters. The van der Waals surface area contributed by atoms with Crippen LogP contribution in [-0.2, 0) is 4.74 Å². The van der Waals surface area contributed by atoms with E-state index in [2.05, 4.69) is 20.8 Å². The number of methoxy groups -OCH3 is 1. The molecule has 0 aliphatic heterocycles. The fourth-order valence-corrected chi connectivity index (χ4v) is 3.42. The largest absolute Gasteiger partial charge is 0.379 e. The van der Waals surface area contributed by atoms with Crippen LogP contribution in [-0.4, -0.2) is 12.7 Å². The Morgan fingerprint density at radius 1 is 0.522 bits per heavy atom. The molecule has 0 aliphatic rings. The third-order valence-corrected chi connectivity index (χ3v) is 5.36. The van der Waals surface area contributed by atoms with Gasteiger partial charge in [-0.3, -0.25) is 0 Å². The van der Waals surface area contributed by atoms with Crippen LogP contribution in [0, 0.1) is 0 Å². The Labute approximate surface area is 148 Å². The van der Waals surface area contributed by atoms with Crippen molar-refractivity contribution in [2.24, 2.45) is 0 Å². The lowest BCUT2D eigenvalue weighted by molar-refractivity contribution is -0.0121. The first kappa shape index (κ1) is 23.0. The van der Waals surface area contributed by atoms with Crippen molar-refractivity contribution in [2.75, 3.05) is 7.11 Å². The van der Waals surface area contributed by atoms with Crippen molar-refractivity contribution < 1.29 is 4.74 Å². The van der Waals surface area contributed by atoms with E-state index in [4.69, 9.17) is 4.74 Å². The van der Waals surface area contributed by atoms with E-state index in [1.165, 1.54) is 109 Å². The molecule has 0 aromatic carbocycles. The van der Waals surface area contributed by atoms with Gasteiger partial charge in [0, 0.05) is 7.11 Å². The average molecular weight is 327 g/mol. The number of rotatable bonds is 18.